The molecule has 1 aromatic rings. The van der Waals surface area contributed by atoms with Crippen molar-refractivity contribution in [3.8, 4) is 0 Å². The second-order valence-corrected chi connectivity index (χ2v) is 3.19. The predicted octanol–water partition coefficient (Wildman–Crippen LogP) is 1.80. The zero-order valence-electron chi connectivity index (χ0n) is 6.07. The summed E-state index contributed by atoms with van der Waals surface area (Å²) in [5, 5.41) is 10.3. The maximum Gasteiger partial charge on any atom is 0.342 e. The number of imidazole rings is 1. The highest BCUT2D eigenvalue weighted by Gasteiger charge is 2.20. The van der Waals surface area contributed by atoms with Crippen molar-refractivity contribution >= 4 is 29.0 Å². The normalized spacial score (nSPS) is 10.7. The van der Waals surface area contributed by atoms with Crippen molar-refractivity contribution in [2.24, 2.45) is 7.05 Å². The van der Waals surface area contributed by atoms with E-state index in [0.717, 1.165) is 6.20 Å². The Hall–Kier alpha value is -0.810. The first-order valence-corrected chi connectivity index (χ1v) is 3.85. The summed E-state index contributed by atoms with van der Waals surface area (Å²) in [5.74, 6) is 0.140. The molecule has 0 atom stereocenters. The third-order valence-corrected chi connectivity index (χ3v) is 1.77. The van der Waals surface area contributed by atoms with Crippen LogP contribution in [0.1, 0.15) is 10.7 Å². The van der Waals surface area contributed by atoms with Crippen LogP contribution in [0, 0.1) is 10.1 Å². The van der Waals surface area contributed by atoms with E-state index in [1.54, 1.807) is 0 Å². The summed E-state index contributed by atoms with van der Waals surface area (Å²) >= 11 is 11.0. The number of nitrogens with zero attached hydrogens (tertiary/aromatic N) is 3. The second-order valence-electron chi connectivity index (χ2n) is 2.09. The molecule has 0 N–H and O–H groups in total. The van der Waals surface area contributed by atoms with E-state index in [0.29, 0.717) is 0 Å². The van der Waals surface area contributed by atoms with Crippen LogP contribution in [0.15, 0.2) is 6.20 Å². The molecule has 66 valence electrons. The maximum absolute atomic E-state index is 10.3. The number of aromatic nitrogens is 2. The van der Waals surface area contributed by atoms with E-state index in [2.05, 4.69) is 4.98 Å². The Bertz CT molecular complexity index is 310. The fourth-order valence-electron chi connectivity index (χ4n) is 0.787. The zero-order chi connectivity index (χ0) is 9.30. The second kappa shape index (κ2) is 3.28. The topological polar surface area (TPSA) is 61.0 Å². The molecule has 0 aliphatic heterocycles. The minimum atomic E-state index is -0.844. The third kappa shape index (κ3) is 1.51. The fraction of sp³-hybridized carbons (Fsp3) is 0.400. The van der Waals surface area contributed by atoms with Crippen LogP contribution < -0.4 is 0 Å². The largest absolute Gasteiger partial charge is 0.358 e. The molecule has 0 aliphatic carbocycles. The highest BCUT2D eigenvalue weighted by Crippen LogP contribution is 2.25. The average Bonchev–Trinajstić information content (AvgIpc) is 2.30. The van der Waals surface area contributed by atoms with Crippen LogP contribution in [0.5, 0.6) is 0 Å². The van der Waals surface area contributed by atoms with Crippen molar-refractivity contribution in [1.29, 1.82) is 0 Å². The Kier molecular flexibility index (Phi) is 2.54. The summed E-state index contributed by atoms with van der Waals surface area (Å²) < 4.78 is 1.24. The van der Waals surface area contributed by atoms with E-state index in [4.69, 9.17) is 23.2 Å². The Labute approximate surface area is 78.1 Å². The van der Waals surface area contributed by atoms with Crippen LogP contribution in [0.2, 0.25) is 0 Å². The smallest absolute Gasteiger partial charge is 0.342 e. The molecule has 12 heavy (non-hydrogen) atoms. The molecule has 0 unspecified atom stereocenters. The Balaban J connectivity index is 3.13. The summed E-state index contributed by atoms with van der Waals surface area (Å²) in [6.45, 7) is 0. The van der Waals surface area contributed by atoms with Gasteiger partial charge < -0.3 is 10.1 Å². The molecule has 0 fully saturated rings. The Morgan fingerprint density at radius 1 is 1.75 bits per heavy atom. The van der Waals surface area contributed by atoms with Gasteiger partial charge in [0.05, 0.1) is 7.05 Å². The van der Waals surface area contributed by atoms with Gasteiger partial charge in [-0.2, -0.15) is 0 Å². The van der Waals surface area contributed by atoms with Crippen LogP contribution in [0.4, 0.5) is 5.82 Å². The van der Waals surface area contributed by atoms with Gasteiger partial charge in [0.15, 0.2) is 4.84 Å². The van der Waals surface area contributed by atoms with E-state index >= 15 is 0 Å². The Morgan fingerprint density at radius 2 is 2.33 bits per heavy atom. The Morgan fingerprint density at radius 3 is 2.58 bits per heavy atom. The lowest BCUT2D eigenvalue weighted by Crippen LogP contribution is -2.01. The van der Waals surface area contributed by atoms with Gasteiger partial charge in [0.25, 0.3) is 0 Å². The number of halogens is 2. The maximum atomic E-state index is 10.3. The molecule has 0 amide bonds. The molecule has 0 spiro atoms. The molecule has 0 aromatic carbocycles. The van der Waals surface area contributed by atoms with Crippen molar-refractivity contribution in [1.82, 2.24) is 9.55 Å². The monoisotopic (exact) mass is 209 g/mol. The molecule has 1 heterocycles. The van der Waals surface area contributed by atoms with Gasteiger partial charge in [-0.25, -0.2) is 9.55 Å². The number of alkyl halides is 2. The first-order chi connectivity index (χ1) is 5.54. The number of hydrogen-bond donors (Lipinski definition) is 0. The lowest BCUT2D eigenvalue weighted by molar-refractivity contribution is -0.391. The van der Waals surface area contributed by atoms with Crippen LogP contribution in [-0.2, 0) is 7.05 Å². The van der Waals surface area contributed by atoms with E-state index < -0.39 is 9.76 Å². The summed E-state index contributed by atoms with van der Waals surface area (Å²) in [7, 11) is 1.48. The third-order valence-electron chi connectivity index (χ3n) is 1.38. The van der Waals surface area contributed by atoms with Crippen LogP contribution in [0.25, 0.3) is 0 Å². The van der Waals surface area contributed by atoms with Crippen LogP contribution in [-0.4, -0.2) is 14.5 Å². The van der Waals surface area contributed by atoms with Gasteiger partial charge >= 0.3 is 5.82 Å². The van der Waals surface area contributed by atoms with Crippen molar-refractivity contribution in [2.75, 3.05) is 0 Å². The van der Waals surface area contributed by atoms with Crippen molar-refractivity contribution in [2.45, 2.75) is 4.84 Å². The van der Waals surface area contributed by atoms with Crippen molar-refractivity contribution in [3.05, 3.63) is 22.1 Å². The lowest BCUT2D eigenvalue weighted by atomic mass is 10.7. The molecule has 0 saturated carbocycles. The van der Waals surface area contributed by atoms with Crippen molar-refractivity contribution in [3.63, 3.8) is 0 Å². The van der Waals surface area contributed by atoms with Crippen LogP contribution in [0.3, 0.4) is 0 Å². The quantitative estimate of drug-likeness (QED) is 0.424. The summed E-state index contributed by atoms with van der Waals surface area (Å²) in [5.41, 5.74) is 0. The summed E-state index contributed by atoms with van der Waals surface area (Å²) in [6.07, 6.45) is 1.12. The number of hydrogen-bond acceptors (Lipinski definition) is 3. The molecule has 7 heteroatoms. The fourth-order valence-corrected chi connectivity index (χ4v) is 1.19. The van der Waals surface area contributed by atoms with Gasteiger partial charge in [0.1, 0.15) is 6.20 Å². The van der Waals surface area contributed by atoms with E-state index in [1.807, 2.05) is 0 Å². The highest BCUT2D eigenvalue weighted by molar-refractivity contribution is 6.43. The van der Waals surface area contributed by atoms with Gasteiger partial charge in [-0.1, -0.05) is 23.2 Å². The highest BCUT2D eigenvalue weighted by atomic mass is 35.5. The molecule has 5 nitrogen and oxygen atoms in total. The average molecular weight is 210 g/mol. The molecule has 0 aliphatic rings. The van der Waals surface area contributed by atoms with Crippen LogP contribution >= 0.6 is 23.2 Å². The predicted molar refractivity (Wildman–Crippen MR) is 44.3 cm³/mol. The van der Waals surface area contributed by atoms with Gasteiger partial charge in [-0.05, 0) is 4.92 Å². The molecule has 0 radical (unpaired) electrons. The van der Waals surface area contributed by atoms with E-state index in [9.17, 15) is 10.1 Å². The molecular weight excluding hydrogens is 205 g/mol. The summed E-state index contributed by atoms with van der Waals surface area (Å²) in [4.78, 5) is 12.6. The van der Waals surface area contributed by atoms with Gasteiger partial charge in [0, 0.05) is 0 Å². The van der Waals surface area contributed by atoms with Gasteiger partial charge in [-0.3, -0.25) is 0 Å². The minimum absolute atomic E-state index is 0.128. The molecule has 0 saturated heterocycles. The molecular formula is C5H5Cl2N3O2. The first kappa shape index (κ1) is 9.28. The number of nitro groups is 1. The van der Waals surface area contributed by atoms with Crippen molar-refractivity contribution < 1.29 is 4.92 Å². The summed E-state index contributed by atoms with van der Waals surface area (Å²) in [6, 6.07) is 0. The molecule has 0 bridgehead atoms. The lowest BCUT2D eigenvalue weighted by Gasteiger charge is -1.97. The first-order valence-electron chi connectivity index (χ1n) is 2.98. The van der Waals surface area contributed by atoms with E-state index in [1.165, 1.54) is 11.6 Å². The SMILES string of the molecule is Cn1c([N+](=O)[O-])cnc1C(Cl)Cl. The molecule has 1 rings (SSSR count). The van der Waals surface area contributed by atoms with E-state index in [-0.39, 0.29) is 11.6 Å². The molecule has 1 aromatic heterocycles. The zero-order valence-corrected chi connectivity index (χ0v) is 7.58. The van der Waals surface area contributed by atoms with Gasteiger partial charge in [-0.15, -0.1) is 0 Å². The minimum Gasteiger partial charge on any atom is -0.358 e. The van der Waals surface area contributed by atoms with Gasteiger partial charge in [0.2, 0.25) is 5.82 Å². The standard InChI is InChI=1S/C5H5Cl2N3O2/c1-9-3(10(11)12)2-8-5(9)4(6)7/h2,4H,1H3. The number of rotatable bonds is 2.